The summed E-state index contributed by atoms with van der Waals surface area (Å²) < 4.78 is 31.0. The van der Waals surface area contributed by atoms with Crippen LogP contribution in [-0.2, 0) is 10.4 Å². The zero-order valence-corrected chi connectivity index (χ0v) is 8.65. The topological polar surface area (TPSA) is 78.6 Å². The van der Waals surface area contributed by atoms with Crippen LogP contribution in [0.3, 0.4) is 0 Å². The third-order valence-corrected chi connectivity index (χ3v) is 2.87. The quantitative estimate of drug-likeness (QED) is 0.685. The van der Waals surface area contributed by atoms with Crippen LogP contribution in [0.1, 0.15) is 5.56 Å². The molecule has 1 aliphatic heterocycles. The third-order valence-electron chi connectivity index (χ3n) is 1.85. The van der Waals surface area contributed by atoms with Crippen molar-refractivity contribution in [3.05, 3.63) is 16.7 Å². The van der Waals surface area contributed by atoms with Crippen molar-refractivity contribution < 1.29 is 16.8 Å². The molecule has 14 heavy (non-hydrogen) atoms. The van der Waals surface area contributed by atoms with E-state index in [-0.39, 0.29) is 16.5 Å². The second-order valence-electron chi connectivity index (χ2n) is 2.81. The SMILES string of the molecule is Cc1c(N)cc(Cl)c2c1OS(=O)(=O)O2. The van der Waals surface area contributed by atoms with Gasteiger partial charge in [-0.2, -0.15) is 0 Å². The summed E-state index contributed by atoms with van der Waals surface area (Å²) in [5, 5.41) is 0.115. The van der Waals surface area contributed by atoms with Gasteiger partial charge < -0.3 is 14.1 Å². The van der Waals surface area contributed by atoms with Gasteiger partial charge in [-0.25, -0.2) is 0 Å². The number of hydrogen-bond acceptors (Lipinski definition) is 5. The van der Waals surface area contributed by atoms with Crippen molar-refractivity contribution in [2.24, 2.45) is 0 Å². The van der Waals surface area contributed by atoms with E-state index in [1.165, 1.54) is 6.07 Å². The first kappa shape index (κ1) is 9.42. The van der Waals surface area contributed by atoms with Gasteiger partial charge in [0.15, 0.2) is 5.75 Å². The Balaban J connectivity index is 2.73. The largest absolute Gasteiger partial charge is 0.501 e. The Kier molecular flexibility index (Phi) is 1.80. The number of anilines is 1. The fraction of sp³-hybridized carbons (Fsp3) is 0.143. The highest BCUT2D eigenvalue weighted by Crippen LogP contribution is 2.46. The Morgan fingerprint density at radius 3 is 2.57 bits per heavy atom. The number of hydrogen-bond donors (Lipinski definition) is 1. The number of rotatable bonds is 0. The monoisotopic (exact) mass is 235 g/mol. The lowest BCUT2D eigenvalue weighted by Gasteiger charge is -2.03. The average molecular weight is 236 g/mol. The molecule has 0 unspecified atom stereocenters. The summed E-state index contributed by atoms with van der Waals surface area (Å²) in [4.78, 5) is 0. The van der Waals surface area contributed by atoms with Crippen molar-refractivity contribution in [1.29, 1.82) is 0 Å². The maximum atomic E-state index is 11.0. The Bertz CT molecular complexity index is 511. The lowest BCUT2D eigenvalue weighted by atomic mass is 10.2. The van der Waals surface area contributed by atoms with E-state index in [2.05, 4.69) is 8.37 Å². The first-order chi connectivity index (χ1) is 6.41. The minimum Gasteiger partial charge on any atom is -0.398 e. The van der Waals surface area contributed by atoms with Crippen LogP contribution in [0.15, 0.2) is 6.07 Å². The maximum absolute atomic E-state index is 11.0. The second-order valence-corrected chi connectivity index (χ2v) is 4.36. The average Bonchev–Trinajstić information content (AvgIpc) is 2.38. The fourth-order valence-corrected chi connectivity index (χ4v) is 2.22. The van der Waals surface area contributed by atoms with Gasteiger partial charge in [0.2, 0.25) is 5.75 Å². The molecular formula is C7H6ClNO4S. The van der Waals surface area contributed by atoms with Gasteiger partial charge in [-0.3, -0.25) is 0 Å². The molecule has 5 nitrogen and oxygen atoms in total. The van der Waals surface area contributed by atoms with E-state index in [0.717, 1.165) is 0 Å². The number of fused-ring (bicyclic) bond motifs is 1. The van der Waals surface area contributed by atoms with Gasteiger partial charge >= 0.3 is 10.4 Å². The van der Waals surface area contributed by atoms with Crippen LogP contribution in [0.5, 0.6) is 11.5 Å². The summed E-state index contributed by atoms with van der Waals surface area (Å²) >= 11 is 5.72. The summed E-state index contributed by atoms with van der Waals surface area (Å²) in [6, 6.07) is 1.42. The van der Waals surface area contributed by atoms with Gasteiger partial charge in [0, 0.05) is 11.3 Å². The minimum atomic E-state index is -4.01. The van der Waals surface area contributed by atoms with Crippen LogP contribution >= 0.6 is 11.6 Å². The van der Waals surface area contributed by atoms with Gasteiger partial charge in [0.1, 0.15) is 0 Å². The van der Waals surface area contributed by atoms with Crippen LogP contribution in [-0.4, -0.2) is 8.42 Å². The Morgan fingerprint density at radius 1 is 1.36 bits per heavy atom. The second kappa shape index (κ2) is 2.68. The Morgan fingerprint density at radius 2 is 1.93 bits per heavy atom. The molecule has 1 aromatic carbocycles. The highest BCUT2D eigenvalue weighted by Gasteiger charge is 2.33. The molecule has 0 radical (unpaired) electrons. The predicted molar refractivity (Wildman–Crippen MR) is 50.8 cm³/mol. The standard InChI is InChI=1S/C7H6ClNO4S/c1-3-5(9)2-4(8)7-6(3)12-14(10,11)13-7/h2H,9H2,1H3. The van der Waals surface area contributed by atoms with Crippen molar-refractivity contribution in [3.8, 4) is 11.5 Å². The number of benzene rings is 1. The van der Waals surface area contributed by atoms with Gasteiger partial charge in [-0.15, -0.1) is 8.42 Å². The van der Waals surface area contributed by atoms with Crippen molar-refractivity contribution in [1.82, 2.24) is 0 Å². The number of nitrogen functional groups attached to an aromatic ring is 1. The van der Waals surface area contributed by atoms with Gasteiger partial charge in [-0.05, 0) is 13.0 Å². The van der Waals surface area contributed by atoms with E-state index < -0.39 is 10.4 Å². The summed E-state index contributed by atoms with van der Waals surface area (Å²) in [6.45, 7) is 1.62. The molecule has 1 heterocycles. The van der Waals surface area contributed by atoms with Crippen LogP contribution in [0.25, 0.3) is 0 Å². The number of halogens is 1. The molecule has 0 saturated heterocycles. The van der Waals surface area contributed by atoms with Crippen LogP contribution in [0.2, 0.25) is 5.02 Å². The van der Waals surface area contributed by atoms with Gasteiger partial charge in [0.25, 0.3) is 0 Å². The zero-order chi connectivity index (χ0) is 10.5. The summed E-state index contributed by atoms with van der Waals surface area (Å²) in [7, 11) is -4.01. The third kappa shape index (κ3) is 1.27. The van der Waals surface area contributed by atoms with E-state index in [1.807, 2.05) is 0 Å². The smallest absolute Gasteiger partial charge is 0.398 e. The molecule has 1 aliphatic rings. The molecule has 7 heteroatoms. The van der Waals surface area contributed by atoms with Gasteiger partial charge in [-0.1, -0.05) is 11.6 Å². The lowest BCUT2D eigenvalue weighted by Crippen LogP contribution is -2.08. The van der Waals surface area contributed by atoms with Crippen molar-refractivity contribution in [2.45, 2.75) is 6.92 Å². The normalized spacial score (nSPS) is 17.0. The molecule has 0 aliphatic carbocycles. The molecule has 0 atom stereocenters. The van der Waals surface area contributed by atoms with Crippen molar-refractivity contribution in [3.63, 3.8) is 0 Å². The van der Waals surface area contributed by atoms with E-state index in [4.69, 9.17) is 17.3 Å². The Labute approximate surface area is 85.7 Å². The highest BCUT2D eigenvalue weighted by atomic mass is 35.5. The first-order valence-corrected chi connectivity index (χ1v) is 5.34. The zero-order valence-electron chi connectivity index (χ0n) is 7.07. The van der Waals surface area contributed by atoms with Gasteiger partial charge in [0.05, 0.1) is 5.02 Å². The summed E-state index contributed by atoms with van der Waals surface area (Å²) in [5.41, 5.74) is 6.41. The maximum Gasteiger partial charge on any atom is 0.501 e. The van der Waals surface area contributed by atoms with Crippen LogP contribution in [0, 0.1) is 6.92 Å². The van der Waals surface area contributed by atoms with E-state index in [0.29, 0.717) is 11.3 Å². The van der Waals surface area contributed by atoms with E-state index in [9.17, 15) is 8.42 Å². The first-order valence-electron chi connectivity index (χ1n) is 3.63. The molecule has 1 aromatic rings. The van der Waals surface area contributed by atoms with Crippen LogP contribution < -0.4 is 14.1 Å². The molecule has 2 N–H and O–H groups in total. The molecule has 0 amide bonds. The lowest BCUT2D eigenvalue weighted by molar-refractivity contribution is 0.436. The van der Waals surface area contributed by atoms with E-state index in [1.54, 1.807) is 6.92 Å². The number of nitrogens with two attached hydrogens (primary N) is 1. The summed E-state index contributed by atoms with van der Waals surface area (Å²) in [5.74, 6) is 0.0633. The molecule has 2 rings (SSSR count). The molecule has 0 aromatic heterocycles. The summed E-state index contributed by atoms with van der Waals surface area (Å²) in [6.07, 6.45) is 0. The van der Waals surface area contributed by atoms with Crippen molar-refractivity contribution >= 4 is 27.7 Å². The van der Waals surface area contributed by atoms with Crippen LogP contribution in [0.4, 0.5) is 5.69 Å². The van der Waals surface area contributed by atoms with Crippen molar-refractivity contribution in [2.75, 3.05) is 5.73 Å². The van der Waals surface area contributed by atoms with E-state index >= 15 is 0 Å². The molecule has 0 spiro atoms. The molecule has 76 valence electrons. The fourth-order valence-electron chi connectivity index (χ4n) is 1.12. The minimum absolute atomic E-state index is 0.00151. The Hall–Kier alpha value is -1.14. The molecule has 0 bridgehead atoms. The molecule has 0 fully saturated rings. The molecule has 0 saturated carbocycles. The predicted octanol–water partition coefficient (Wildman–Crippen LogP) is 1.25. The molecular weight excluding hydrogens is 230 g/mol. The highest BCUT2D eigenvalue weighted by molar-refractivity contribution is 7.82.